The fourth-order valence-corrected chi connectivity index (χ4v) is 3.40. The summed E-state index contributed by atoms with van der Waals surface area (Å²) in [6.45, 7) is 0. The van der Waals surface area contributed by atoms with Crippen molar-refractivity contribution in [2.75, 3.05) is 16.4 Å². The summed E-state index contributed by atoms with van der Waals surface area (Å²) in [5.74, 6) is -0.150. The maximum atomic E-state index is 12.3. The van der Waals surface area contributed by atoms with Gasteiger partial charge in [0, 0.05) is 31.9 Å². The van der Waals surface area contributed by atoms with Gasteiger partial charge in [-0.25, -0.2) is 0 Å². The van der Waals surface area contributed by atoms with Crippen LogP contribution in [-0.2, 0) is 4.79 Å². The number of carbonyl (C=O) groups is 2. The third-order valence-electron chi connectivity index (χ3n) is 3.67. The van der Waals surface area contributed by atoms with Gasteiger partial charge in [-0.1, -0.05) is 35.3 Å². The van der Waals surface area contributed by atoms with Crippen molar-refractivity contribution in [2.24, 2.45) is 0 Å². The van der Waals surface area contributed by atoms with Gasteiger partial charge in [-0.15, -0.1) is 11.8 Å². The van der Waals surface area contributed by atoms with Crippen LogP contribution in [0.25, 0.3) is 0 Å². The lowest BCUT2D eigenvalue weighted by Gasteiger charge is -2.09. The van der Waals surface area contributed by atoms with Crippen molar-refractivity contribution in [3.63, 3.8) is 0 Å². The van der Waals surface area contributed by atoms with Crippen LogP contribution in [-0.4, -0.2) is 17.6 Å². The maximum absolute atomic E-state index is 12.3. The lowest BCUT2D eigenvalue weighted by Crippen LogP contribution is -2.15. The number of amides is 2. The first-order valence-electron chi connectivity index (χ1n) is 8.35. The highest BCUT2D eigenvalue weighted by atomic mass is 35.5. The zero-order valence-electron chi connectivity index (χ0n) is 14.6. The fraction of sp³-hybridized carbons (Fsp3) is 0.0476. The van der Waals surface area contributed by atoms with Crippen molar-refractivity contribution >= 4 is 58.2 Å². The number of hydrogen-bond acceptors (Lipinski definition) is 3. The Bertz CT molecular complexity index is 994. The zero-order valence-corrected chi connectivity index (χ0v) is 16.9. The molecule has 0 aliphatic carbocycles. The molecule has 28 heavy (non-hydrogen) atoms. The van der Waals surface area contributed by atoms with E-state index < -0.39 is 0 Å². The molecule has 0 spiro atoms. The van der Waals surface area contributed by atoms with Gasteiger partial charge in [0.1, 0.15) is 0 Å². The highest BCUT2D eigenvalue weighted by Crippen LogP contribution is 2.21. The van der Waals surface area contributed by atoms with Crippen LogP contribution in [0.15, 0.2) is 77.7 Å². The lowest BCUT2D eigenvalue weighted by atomic mass is 10.2. The van der Waals surface area contributed by atoms with Crippen LogP contribution in [0.3, 0.4) is 0 Å². The van der Waals surface area contributed by atoms with E-state index in [9.17, 15) is 9.59 Å². The molecule has 0 saturated heterocycles. The molecular weight excluding hydrogens is 415 g/mol. The van der Waals surface area contributed by atoms with Crippen molar-refractivity contribution < 1.29 is 9.59 Å². The SMILES string of the molecule is O=C(CSc1ccc(Cl)cc1)Nc1cccc(NC(=O)c2cccc(Cl)c2)c1. The number of benzene rings is 3. The second-order valence-corrected chi connectivity index (χ2v) is 7.76. The summed E-state index contributed by atoms with van der Waals surface area (Å²) in [4.78, 5) is 25.5. The van der Waals surface area contributed by atoms with E-state index in [0.29, 0.717) is 27.0 Å². The first-order valence-corrected chi connectivity index (χ1v) is 10.1. The Morgan fingerprint density at radius 3 is 2.18 bits per heavy atom. The molecule has 0 aliphatic rings. The van der Waals surface area contributed by atoms with Gasteiger partial charge < -0.3 is 10.6 Å². The van der Waals surface area contributed by atoms with Gasteiger partial charge in [-0.3, -0.25) is 9.59 Å². The number of halogens is 2. The van der Waals surface area contributed by atoms with Gasteiger partial charge in [0.15, 0.2) is 0 Å². The molecule has 0 radical (unpaired) electrons. The van der Waals surface area contributed by atoms with Crippen LogP contribution >= 0.6 is 35.0 Å². The second-order valence-electron chi connectivity index (χ2n) is 5.84. The molecule has 0 saturated carbocycles. The van der Waals surface area contributed by atoms with Crippen molar-refractivity contribution in [2.45, 2.75) is 4.90 Å². The van der Waals surface area contributed by atoms with Crippen molar-refractivity contribution in [3.05, 3.63) is 88.4 Å². The predicted octanol–water partition coefficient (Wildman–Crippen LogP) is 5.98. The average molecular weight is 431 g/mol. The zero-order chi connectivity index (χ0) is 19.9. The molecule has 2 amide bonds. The fourth-order valence-electron chi connectivity index (χ4n) is 2.38. The summed E-state index contributed by atoms with van der Waals surface area (Å²) in [6.07, 6.45) is 0. The minimum atomic E-state index is -0.274. The molecule has 142 valence electrons. The molecule has 3 aromatic rings. The lowest BCUT2D eigenvalue weighted by molar-refractivity contribution is -0.113. The smallest absolute Gasteiger partial charge is 0.255 e. The van der Waals surface area contributed by atoms with Gasteiger partial charge in [-0.05, 0) is 60.7 Å². The van der Waals surface area contributed by atoms with Crippen LogP contribution in [0.2, 0.25) is 10.0 Å². The van der Waals surface area contributed by atoms with Gasteiger partial charge in [-0.2, -0.15) is 0 Å². The summed E-state index contributed by atoms with van der Waals surface area (Å²) in [5.41, 5.74) is 1.64. The number of rotatable bonds is 6. The van der Waals surface area contributed by atoms with Crippen LogP contribution in [0.4, 0.5) is 11.4 Å². The number of hydrogen-bond donors (Lipinski definition) is 2. The molecular formula is C21H16Cl2N2O2S. The van der Waals surface area contributed by atoms with E-state index in [2.05, 4.69) is 10.6 Å². The highest BCUT2D eigenvalue weighted by Gasteiger charge is 2.08. The summed E-state index contributed by atoms with van der Waals surface area (Å²) in [7, 11) is 0. The Balaban J connectivity index is 1.57. The molecule has 0 atom stereocenters. The van der Waals surface area contributed by atoms with E-state index in [1.807, 2.05) is 12.1 Å². The van der Waals surface area contributed by atoms with Crippen LogP contribution < -0.4 is 10.6 Å². The molecule has 3 aromatic carbocycles. The number of anilines is 2. The quantitative estimate of drug-likeness (QED) is 0.473. The second kappa shape index (κ2) is 9.64. The molecule has 0 fully saturated rings. The molecule has 4 nitrogen and oxygen atoms in total. The summed E-state index contributed by atoms with van der Waals surface area (Å²) in [5, 5.41) is 6.77. The Morgan fingerprint density at radius 2 is 1.46 bits per heavy atom. The molecule has 0 unspecified atom stereocenters. The number of thioether (sulfide) groups is 1. The average Bonchev–Trinajstić information content (AvgIpc) is 2.68. The van der Waals surface area contributed by atoms with E-state index >= 15 is 0 Å². The Hall–Kier alpha value is -2.47. The topological polar surface area (TPSA) is 58.2 Å². The van der Waals surface area contributed by atoms with Crippen molar-refractivity contribution in [3.8, 4) is 0 Å². The molecule has 0 heterocycles. The molecule has 0 aliphatic heterocycles. The summed E-state index contributed by atoms with van der Waals surface area (Å²) < 4.78 is 0. The third kappa shape index (κ3) is 6.02. The van der Waals surface area contributed by atoms with E-state index in [0.717, 1.165) is 4.90 Å². The summed E-state index contributed by atoms with van der Waals surface area (Å²) >= 11 is 13.2. The van der Waals surface area contributed by atoms with E-state index in [1.165, 1.54) is 11.8 Å². The molecule has 0 aromatic heterocycles. The standard InChI is InChI=1S/C21H16Cl2N2O2S/c22-15-7-9-19(10-8-15)28-13-20(26)24-17-5-2-6-18(12-17)25-21(27)14-3-1-4-16(23)11-14/h1-12H,13H2,(H,24,26)(H,25,27). The Morgan fingerprint density at radius 1 is 0.786 bits per heavy atom. The Kier molecular flexibility index (Phi) is 6.98. The van der Waals surface area contributed by atoms with Gasteiger partial charge in [0.25, 0.3) is 5.91 Å². The van der Waals surface area contributed by atoms with Crippen LogP contribution in [0.5, 0.6) is 0 Å². The summed E-state index contributed by atoms with van der Waals surface area (Å²) in [6, 6.07) is 21.0. The molecule has 7 heteroatoms. The van der Waals surface area contributed by atoms with Gasteiger partial charge in [0.2, 0.25) is 5.91 Å². The molecule has 0 bridgehead atoms. The number of carbonyl (C=O) groups excluding carboxylic acids is 2. The van der Waals surface area contributed by atoms with Crippen molar-refractivity contribution in [1.29, 1.82) is 0 Å². The first kappa shape index (κ1) is 20.3. The monoisotopic (exact) mass is 430 g/mol. The minimum absolute atomic E-state index is 0.140. The molecule has 3 rings (SSSR count). The largest absolute Gasteiger partial charge is 0.325 e. The van der Waals surface area contributed by atoms with E-state index in [1.54, 1.807) is 60.7 Å². The number of nitrogens with one attached hydrogen (secondary N) is 2. The third-order valence-corrected chi connectivity index (χ3v) is 5.17. The predicted molar refractivity (Wildman–Crippen MR) is 117 cm³/mol. The van der Waals surface area contributed by atoms with Gasteiger partial charge >= 0.3 is 0 Å². The van der Waals surface area contributed by atoms with Crippen LogP contribution in [0, 0.1) is 0 Å². The Labute approximate surface area is 177 Å². The highest BCUT2D eigenvalue weighted by molar-refractivity contribution is 8.00. The van der Waals surface area contributed by atoms with E-state index in [-0.39, 0.29) is 17.6 Å². The normalized spacial score (nSPS) is 10.4. The van der Waals surface area contributed by atoms with E-state index in [4.69, 9.17) is 23.2 Å². The van der Waals surface area contributed by atoms with Gasteiger partial charge in [0.05, 0.1) is 5.75 Å². The van der Waals surface area contributed by atoms with Crippen LogP contribution in [0.1, 0.15) is 10.4 Å². The van der Waals surface area contributed by atoms with Crippen molar-refractivity contribution in [1.82, 2.24) is 0 Å². The first-order chi connectivity index (χ1) is 13.5. The maximum Gasteiger partial charge on any atom is 0.255 e. The molecule has 2 N–H and O–H groups in total. The minimum Gasteiger partial charge on any atom is -0.325 e.